The van der Waals surface area contributed by atoms with E-state index in [1.54, 1.807) is 5.56 Å². The van der Waals surface area contributed by atoms with E-state index in [9.17, 15) is 0 Å². The van der Waals surface area contributed by atoms with Crippen molar-refractivity contribution >= 4 is 0 Å². The maximum absolute atomic E-state index is 3.55. The molecule has 2 saturated carbocycles. The van der Waals surface area contributed by atoms with Crippen LogP contribution in [-0.4, -0.2) is 0 Å². The Bertz CT molecular complexity index is 638. The largest absolute Gasteiger partial charge is 0.0951 e. The van der Waals surface area contributed by atoms with Crippen LogP contribution in [0.3, 0.4) is 0 Å². The van der Waals surface area contributed by atoms with Gasteiger partial charge in [-0.25, -0.2) is 0 Å². The first kappa shape index (κ1) is 21.2. The first-order valence-electron chi connectivity index (χ1n) is 12.0. The second kappa shape index (κ2) is 11.5. The molecule has 28 heavy (non-hydrogen) atoms. The Morgan fingerprint density at radius 1 is 0.857 bits per heavy atom. The molecule has 2 fully saturated rings. The van der Waals surface area contributed by atoms with Gasteiger partial charge in [0.15, 0.2) is 0 Å². The van der Waals surface area contributed by atoms with E-state index in [1.807, 2.05) is 0 Å². The highest BCUT2D eigenvalue weighted by Gasteiger charge is 2.21. The molecule has 0 saturated heterocycles. The molecule has 0 atom stereocenters. The molecular weight excluding hydrogens is 336 g/mol. The molecule has 0 aromatic heterocycles. The summed E-state index contributed by atoms with van der Waals surface area (Å²) in [6.07, 6.45) is 20.6. The molecule has 1 aromatic rings. The fourth-order valence-electron chi connectivity index (χ4n) is 5.24. The lowest BCUT2D eigenvalue weighted by Crippen LogP contribution is -2.12. The number of rotatable bonds is 6. The van der Waals surface area contributed by atoms with Crippen molar-refractivity contribution in [1.29, 1.82) is 0 Å². The highest BCUT2D eigenvalue weighted by molar-refractivity contribution is 5.26. The summed E-state index contributed by atoms with van der Waals surface area (Å²) in [5, 5.41) is 0. The minimum absolute atomic E-state index is 0.612. The van der Waals surface area contributed by atoms with Crippen molar-refractivity contribution < 1.29 is 0 Å². The normalized spacial score (nSPS) is 28.1. The summed E-state index contributed by atoms with van der Waals surface area (Å²) in [5.41, 5.74) is 3.03. The maximum Gasteiger partial charge on any atom is 0.0206 e. The molecule has 0 nitrogen and oxygen atoms in total. The van der Waals surface area contributed by atoms with Crippen molar-refractivity contribution in [3.63, 3.8) is 0 Å². The molecule has 0 bridgehead atoms. The molecule has 1 aromatic carbocycles. The molecule has 3 rings (SSSR count). The van der Waals surface area contributed by atoms with Crippen molar-refractivity contribution in [2.24, 2.45) is 17.8 Å². The number of aryl methyl sites for hydroxylation is 1. The van der Waals surface area contributed by atoms with Crippen molar-refractivity contribution in [2.75, 3.05) is 0 Å². The molecule has 0 amide bonds. The summed E-state index contributed by atoms with van der Waals surface area (Å²) in [5.74, 6) is 10.1. The quantitative estimate of drug-likeness (QED) is 0.440. The van der Waals surface area contributed by atoms with Crippen LogP contribution in [0.25, 0.3) is 0 Å². The third-order valence-corrected chi connectivity index (χ3v) is 7.04. The van der Waals surface area contributed by atoms with Gasteiger partial charge in [0.2, 0.25) is 0 Å². The molecule has 152 valence electrons. The first-order chi connectivity index (χ1) is 13.8. The van der Waals surface area contributed by atoms with E-state index in [0.29, 0.717) is 5.92 Å². The van der Waals surface area contributed by atoms with Gasteiger partial charge < -0.3 is 0 Å². The molecule has 0 heteroatoms. The van der Waals surface area contributed by atoms with Gasteiger partial charge in [-0.3, -0.25) is 0 Å². The van der Waals surface area contributed by atoms with Crippen LogP contribution >= 0.6 is 0 Å². The van der Waals surface area contributed by atoms with E-state index in [0.717, 1.165) is 17.8 Å². The zero-order valence-corrected chi connectivity index (χ0v) is 18.3. The number of hydrogen-bond acceptors (Lipinski definition) is 0. The highest BCUT2D eigenvalue weighted by atomic mass is 14.3. The van der Waals surface area contributed by atoms with Crippen LogP contribution in [0.15, 0.2) is 36.4 Å². The van der Waals surface area contributed by atoms with Crippen molar-refractivity contribution in [1.82, 2.24) is 0 Å². The Balaban J connectivity index is 1.39. The smallest absolute Gasteiger partial charge is 0.0206 e. The minimum Gasteiger partial charge on any atom is -0.0951 e. The van der Waals surface area contributed by atoms with Gasteiger partial charge in [-0.15, -0.1) is 0 Å². The van der Waals surface area contributed by atoms with Gasteiger partial charge in [0.25, 0.3) is 0 Å². The molecule has 0 radical (unpaired) electrons. The van der Waals surface area contributed by atoms with Gasteiger partial charge in [-0.05, 0) is 92.7 Å². The van der Waals surface area contributed by atoms with Crippen LogP contribution < -0.4 is 0 Å². The SMILES string of the molecule is CCCc1ccc(C2CCC(C#C/C=C/C3CCC(CCC)CC3)CC2)cc1. The monoisotopic (exact) mass is 376 g/mol. The average Bonchev–Trinajstić information content (AvgIpc) is 2.74. The second-order valence-electron chi connectivity index (χ2n) is 9.26. The summed E-state index contributed by atoms with van der Waals surface area (Å²) >= 11 is 0. The van der Waals surface area contributed by atoms with Crippen molar-refractivity contribution in [3.05, 3.63) is 47.5 Å². The molecule has 0 aliphatic heterocycles. The van der Waals surface area contributed by atoms with Crippen LogP contribution in [0, 0.1) is 29.6 Å². The number of hydrogen-bond donors (Lipinski definition) is 0. The zero-order chi connectivity index (χ0) is 19.6. The van der Waals surface area contributed by atoms with E-state index >= 15 is 0 Å². The third kappa shape index (κ3) is 6.55. The van der Waals surface area contributed by atoms with Crippen LogP contribution in [0.4, 0.5) is 0 Å². The number of benzene rings is 1. The standard InChI is InChI=1S/C28H40/c1-3-7-23-11-13-25(14-12-23)9-5-6-10-26-17-21-28(22-18-26)27-19-15-24(8-4-2)16-20-27/h5,9,15-16,19-20,23,25-26,28H,3-4,7-8,11-14,17-18,21-22H2,1-2H3/b9-5+. The molecule has 0 spiro atoms. The summed E-state index contributed by atoms with van der Waals surface area (Å²) in [6, 6.07) is 9.43. The fraction of sp³-hybridized carbons (Fsp3) is 0.643. The maximum atomic E-state index is 3.55. The lowest BCUT2D eigenvalue weighted by molar-refractivity contribution is 0.294. The average molecular weight is 377 g/mol. The molecule has 2 aliphatic rings. The molecular formula is C28H40. The van der Waals surface area contributed by atoms with Crippen LogP contribution in [0.2, 0.25) is 0 Å². The lowest BCUT2D eigenvalue weighted by Gasteiger charge is -2.26. The van der Waals surface area contributed by atoms with Crippen molar-refractivity contribution in [2.45, 2.75) is 96.8 Å². The minimum atomic E-state index is 0.612. The van der Waals surface area contributed by atoms with E-state index in [1.165, 1.54) is 82.6 Å². The van der Waals surface area contributed by atoms with E-state index in [4.69, 9.17) is 0 Å². The van der Waals surface area contributed by atoms with Gasteiger partial charge >= 0.3 is 0 Å². The Labute approximate surface area is 174 Å². The highest BCUT2D eigenvalue weighted by Crippen LogP contribution is 2.36. The van der Waals surface area contributed by atoms with E-state index in [-0.39, 0.29) is 0 Å². The summed E-state index contributed by atoms with van der Waals surface area (Å²) in [4.78, 5) is 0. The Morgan fingerprint density at radius 2 is 1.57 bits per heavy atom. The Hall–Kier alpha value is -1.48. The Morgan fingerprint density at radius 3 is 2.21 bits per heavy atom. The van der Waals surface area contributed by atoms with Crippen molar-refractivity contribution in [3.8, 4) is 11.8 Å². The lowest BCUT2D eigenvalue weighted by atomic mass is 9.78. The van der Waals surface area contributed by atoms with E-state index < -0.39 is 0 Å². The van der Waals surface area contributed by atoms with Gasteiger partial charge in [0.1, 0.15) is 0 Å². The predicted octanol–water partition coefficient (Wildman–Crippen LogP) is 8.08. The summed E-state index contributed by atoms with van der Waals surface area (Å²) in [6.45, 7) is 4.57. The summed E-state index contributed by atoms with van der Waals surface area (Å²) in [7, 11) is 0. The molecule has 0 N–H and O–H groups in total. The summed E-state index contributed by atoms with van der Waals surface area (Å²) < 4.78 is 0. The third-order valence-electron chi connectivity index (χ3n) is 7.04. The zero-order valence-electron chi connectivity index (χ0n) is 18.3. The van der Waals surface area contributed by atoms with Gasteiger partial charge in [0, 0.05) is 5.92 Å². The molecule has 0 heterocycles. The predicted molar refractivity (Wildman–Crippen MR) is 122 cm³/mol. The van der Waals surface area contributed by atoms with E-state index in [2.05, 4.69) is 62.1 Å². The topological polar surface area (TPSA) is 0 Å². The van der Waals surface area contributed by atoms with Gasteiger partial charge in [-0.2, -0.15) is 0 Å². The second-order valence-corrected chi connectivity index (χ2v) is 9.26. The molecule has 2 aliphatic carbocycles. The van der Waals surface area contributed by atoms with Crippen LogP contribution in [0.1, 0.15) is 102 Å². The number of allylic oxidation sites excluding steroid dienone is 2. The fourth-order valence-corrected chi connectivity index (χ4v) is 5.24. The van der Waals surface area contributed by atoms with Crippen LogP contribution in [0.5, 0.6) is 0 Å². The molecule has 0 unspecified atom stereocenters. The Kier molecular flexibility index (Phi) is 8.72. The van der Waals surface area contributed by atoms with Crippen LogP contribution in [-0.2, 0) is 6.42 Å². The first-order valence-corrected chi connectivity index (χ1v) is 12.0. The van der Waals surface area contributed by atoms with Gasteiger partial charge in [0.05, 0.1) is 0 Å². The van der Waals surface area contributed by atoms with Gasteiger partial charge in [-0.1, -0.05) is 75.3 Å².